The van der Waals surface area contributed by atoms with Crippen LogP contribution >= 0.6 is 11.8 Å². The standard InChI is InChI=1S/C24H27N3O3S/c1-5-26-14-18(17-10-6-7-11-19(17)26)21(28)20-15-31-22(16-9-8-12-25-13-16)27(20)23(29)30-24(2,3)4/h6-14,20,22H,5,15H2,1-4H3. The van der Waals surface area contributed by atoms with Crippen molar-refractivity contribution < 1.29 is 14.3 Å². The number of rotatable bonds is 4. The number of carbonyl (C=O) groups excluding carboxylic acids is 2. The van der Waals surface area contributed by atoms with Crippen molar-refractivity contribution in [1.82, 2.24) is 14.5 Å². The van der Waals surface area contributed by atoms with Crippen molar-refractivity contribution in [2.45, 2.75) is 51.3 Å². The smallest absolute Gasteiger partial charge is 0.412 e. The van der Waals surface area contributed by atoms with Gasteiger partial charge in [0.05, 0.1) is 0 Å². The number of Topliss-reactive ketones (excluding diaryl/α,β-unsaturated/α-hetero) is 1. The molecule has 0 saturated carbocycles. The fourth-order valence-electron chi connectivity index (χ4n) is 3.91. The van der Waals surface area contributed by atoms with Crippen LogP contribution in [-0.2, 0) is 11.3 Å². The van der Waals surface area contributed by atoms with Gasteiger partial charge in [-0.1, -0.05) is 24.3 Å². The molecule has 1 saturated heterocycles. The van der Waals surface area contributed by atoms with E-state index in [0.717, 1.165) is 23.0 Å². The number of aromatic nitrogens is 2. The minimum Gasteiger partial charge on any atom is -0.444 e. The Morgan fingerprint density at radius 2 is 1.97 bits per heavy atom. The topological polar surface area (TPSA) is 64.4 Å². The summed E-state index contributed by atoms with van der Waals surface area (Å²) in [6, 6.07) is 11.1. The van der Waals surface area contributed by atoms with Crippen molar-refractivity contribution in [3.63, 3.8) is 0 Å². The number of pyridine rings is 1. The average molecular weight is 438 g/mol. The van der Waals surface area contributed by atoms with E-state index >= 15 is 0 Å². The SMILES string of the molecule is CCn1cc(C(=O)C2CSC(c3cccnc3)N2C(=O)OC(C)(C)C)c2ccccc21. The Balaban J connectivity index is 1.74. The second kappa shape index (κ2) is 8.38. The molecule has 1 amide bonds. The fourth-order valence-corrected chi connectivity index (χ4v) is 5.31. The lowest BCUT2D eigenvalue weighted by molar-refractivity contribution is 0.0173. The largest absolute Gasteiger partial charge is 0.444 e. The predicted molar refractivity (Wildman–Crippen MR) is 123 cm³/mol. The van der Waals surface area contributed by atoms with Crippen LogP contribution in [0.25, 0.3) is 10.9 Å². The van der Waals surface area contributed by atoms with Gasteiger partial charge in [0.15, 0.2) is 5.78 Å². The zero-order valence-corrected chi connectivity index (χ0v) is 19.1. The van der Waals surface area contributed by atoms with Crippen molar-refractivity contribution in [2.75, 3.05) is 5.75 Å². The van der Waals surface area contributed by atoms with Gasteiger partial charge in [-0.05, 0) is 39.8 Å². The molecule has 6 nitrogen and oxygen atoms in total. The fraction of sp³-hybridized carbons (Fsp3) is 0.375. The Morgan fingerprint density at radius 1 is 1.19 bits per heavy atom. The molecular formula is C24H27N3O3S. The summed E-state index contributed by atoms with van der Waals surface area (Å²) in [6.45, 7) is 8.32. The molecule has 1 aliphatic heterocycles. The zero-order chi connectivity index (χ0) is 22.2. The van der Waals surface area contributed by atoms with Crippen molar-refractivity contribution in [1.29, 1.82) is 0 Å². The van der Waals surface area contributed by atoms with E-state index in [2.05, 4.69) is 16.5 Å². The van der Waals surface area contributed by atoms with Gasteiger partial charge in [-0.3, -0.25) is 14.7 Å². The number of benzene rings is 1. The summed E-state index contributed by atoms with van der Waals surface area (Å²) in [5.41, 5.74) is 1.88. The third-order valence-corrected chi connectivity index (χ3v) is 6.59. The molecule has 2 aromatic heterocycles. The van der Waals surface area contributed by atoms with E-state index in [4.69, 9.17) is 4.74 Å². The van der Waals surface area contributed by atoms with Crippen molar-refractivity contribution in [3.8, 4) is 0 Å². The van der Waals surface area contributed by atoms with E-state index in [1.165, 1.54) is 0 Å². The Hall–Kier alpha value is -2.80. The lowest BCUT2D eigenvalue weighted by Gasteiger charge is -2.31. The number of aryl methyl sites for hydroxylation is 1. The van der Waals surface area contributed by atoms with Gasteiger partial charge in [0.1, 0.15) is 17.0 Å². The molecular weight excluding hydrogens is 410 g/mol. The van der Waals surface area contributed by atoms with Crippen LogP contribution in [0.4, 0.5) is 4.79 Å². The molecule has 0 aliphatic carbocycles. The lowest BCUT2D eigenvalue weighted by Crippen LogP contribution is -2.45. The maximum atomic E-state index is 13.8. The molecule has 2 unspecified atom stereocenters. The highest BCUT2D eigenvalue weighted by molar-refractivity contribution is 7.99. The Kier molecular flexibility index (Phi) is 5.79. The number of ketones is 1. The Morgan fingerprint density at radius 3 is 2.65 bits per heavy atom. The second-order valence-corrected chi connectivity index (χ2v) is 9.70. The van der Waals surface area contributed by atoms with Gasteiger partial charge in [0.2, 0.25) is 0 Å². The summed E-state index contributed by atoms with van der Waals surface area (Å²) in [5, 5.41) is 0.588. The minimum absolute atomic E-state index is 0.0619. The molecule has 4 rings (SSSR count). The number of nitrogens with zero attached hydrogens (tertiary/aromatic N) is 3. The van der Waals surface area contributed by atoms with E-state index in [-0.39, 0.29) is 11.2 Å². The Bertz CT molecular complexity index is 1100. The minimum atomic E-state index is -0.657. The highest BCUT2D eigenvalue weighted by Crippen LogP contribution is 2.43. The van der Waals surface area contributed by atoms with Crippen LogP contribution < -0.4 is 0 Å². The number of amides is 1. The van der Waals surface area contributed by atoms with Gasteiger partial charge in [-0.15, -0.1) is 11.8 Å². The molecule has 0 radical (unpaired) electrons. The molecule has 1 fully saturated rings. The second-order valence-electron chi connectivity index (χ2n) is 8.59. The van der Waals surface area contributed by atoms with Crippen molar-refractivity contribution in [3.05, 3.63) is 66.1 Å². The molecule has 1 aliphatic rings. The van der Waals surface area contributed by atoms with E-state index in [0.29, 0.717) is 11.3 Å². The predicted octanol–water partition coefficient (Wildman–Crippen LogP) is 5.29. The molecule has 3 heterocycles. The van der Waals surface area contributed by atoms with Crippen LogP contribution in [0.15, 0.2) is 55.0 Å². The van der Waals surface area contributed by atoms with Crippen LogP contribution in [-0.4, -0.2) is 43.7 Å². The summed E-state index contributed by atoms with van der Waals surface area (Å²) in [4.78, 5) is 32.8. The molecule has 0 spiro atoms. The first-order valence-electron chi connectivity index (χ1n) is 10.4. The maximum Gasteiger partial charge on any atom is 0.412 e. The summed E-state index contributed by atoms with van der Waals surface area (Å²) in [6.07, 6.45) is 4.86. The third-order valence-electron chi connectivity index (χ3n) is 5.27. The summed E-state index contributed by atoms with van der Waals surface area (Å²) < 4.78 is 7.77. The highest BCUT2D eigenvalue weighted by atomic mass is 32.2. The summed E-state index contributed by atoms with van der Waals surface area (Å²) in [7, 11) is 0. The van der Waals surface area contributed by atoms with Gasteiger partial charge in [0.25, 0.3) is 0 Å². The van der Waals surface area contributed by atoms with Crippen LogP contribution in [0.5, 0.6) is 0 Å². The highest BCUT2D eigenvalue weighted by Gasteiger charge is 2.45. The molecule has 1 aromatic carbocycles. The van der Waals surface area contributed by atoms with Gasteiger partial charge in [-0.2, -0.15) is 0 Å². The number of fused-ring (bicyclic) bond motifs is 1. The first-order chi connectivity index (χ1) is 14.8. The summed E-state index contributed by atoms with van der Waals surface area (Å²) >= 11 is 1.56. The lowest BCUT2D eigenvalue weighted by atomic mass is 10.0. The van der Waals surface area contributed by atoms with E-state index in [9.17, 15) is 9.59 Å². The first kappa shape index (κ1) is 21.4. The van der Waals surface area contributed by atoms with Crippen LogP contribution in [0.1, 0.15) is 49.0 Å². The van der Waals surface area contributed by atoms with Crippen molar-refractivity contribution >= 4 is 34.5 Å². The van der Waals surface area contributed by atoms with E-state index < -0.39 is 17.7 Å². The van der Waals surface area contributed by atoms with E-state index in [1.807, 2.05) is 63.4 Å². The quantitative estimate of drug-likeness (QED) is 0.519. The van der Waals surface area contributed by atoms with Crippen LogP contribution in [0, 0.1) is 0 Å². The third kappa shape index (κ3) is 4.19. The number of carbonyl (C=O) groups is 2. The number of ether oxygens (including phenoxy) is 1. The monoisotopic (exact) mass is 437 g/mol. The van der Waals surface area contributed by atoms with Crippen molar-refractivity contribution in [2.24, 2.45) is 0 Å². The molecule has 31 heavy (non-hydrogen) atoms. The van der Waals surface area contributed by atoms with Gasteiger partial charge >= 0.3 is 6.09 Å². The number of thioether (sulfide) groups is 1. The van der Waals surface area contributed by atoms with Crippen LogP contribution in [0.2, 0.25) is 0 Å². The maximum absolute atomic E-state index is 13.8. The summed E-state index contributed by atoms with van der Waals surface area (Å²) in [5.74, 6) is 0.441. The van der Waals surface area contributed by atoms with Gasteiger partial charge in [0, 0.05) is 52.9 Å². The first-order valence-corrected chi connectivity index (χ1v) is 11.5. The number of hydrogen-bond donors (Lipinski definition) is 0. The average Bonchev–Trinajstić information content (AvgIpc) is 3.35. The number of hydrogen-bond acceptors (Lipinski definition) is 5. The normalized spacial score (nSPS) is 19.0. The molecule has 0 bridgehead atoms. The van der Waals surface area contributed by atoms with Crippen LogP contribution in [0.3, 0.4) is 0 Å². The molecule has 162 valence electrons. The van der Waals surface area contributed by atoms with E-state index in [1.54, 1.807) is 29.1 Å². The van der Waals surface area contributed by atoms with Gasteiger partial charge in [-0.25, -0.2) is 4.79 Å². The number of para-hydroxylation sites is 1. The molecule has 0 N–H and O–H groups in total. The molecule has 2 atom stereocenters. The van der Waals surface area contributed by atoms with Gasteiger partial charge < -0.3 is 9.30 Å². The Labute approximate surface area is 186 Å². The molecule has 3 aromatic rings. The molecule has 7 heteroatoms. The zero-order valence-electron chi connectivity index (χ0n) is 18.2.